The zero-order valence-corrected chi connectivity index (χ0v) is 16.7. The minimum atomic E-state index is -0.271. The van der Waals surface area contributed by atoms with E-state index < -0.39 is 0 Å². The third-order valence-corrected chi connectivity index (χ3v) is 5.39. The van der Waals surface area contributed by atoms with Gasteiger partial charge in [0.05, 0.1) is 25.4 Å². The van der Waals surface area contributed by atoms with Crippen molar-refractivity contribution >= 4 is 17.8 Å². The largest absolute Gasteiger partial charge is 0.450 e. The predicted molar refractivity (Wildman–Crippen MR) is 106 cm³/mol. The maximum Gasteiger partial charge on any atom is 0.409 e. The Bertz CT molecular complexity index is 678. The molecular weight excluding hydrogens is 360 g/mol. The second-order valence-corrected chi connectivity index (χ2v) is 7.28. The molecule has 2 aliphatic heterocycles. The topological polar surface area (TPSA) is 84.0 Å². The summed E-state index contributed by atoms with van der Waals surface area (Å²) < 4.78 is 10.5. The van der Waals surface area contributed by atoms with Crippen molar-refractivity contribution < 1.29 is 19.1 Å². The normalized spacial score (nSPS) is 21.1. The number of amides is 2. The minimum absolute atomic E-state index is 0.0533. The molecule has 0 radical (unpaired) electrons. The van der Waals surface area contributed by atoms with Gasteiger partial charge in [0.1, 0.15) is 5.82 Å². The van der Waals surface area contributed by atoms with Gasteiger partial charge in [0.15, 0.2) is 0 Å². The molecule has 8 heteroatoms. The molecule has 0 aromatic carbocycles. The van der Waals surface area contributed by atoms with E-state index in [0.29, 0.717) is 44.3 Å². The summed E-state index contributed by atoms with van der Waals surface area (Å²) in [5.74, 6) is 0.772. The number of ether oxygens (including phenoxy) is 2. The summed E-state index contributed by atoms with van der Waals surface area (Å²) in [5, 5.41) is 3.12. The van der Waals surface area contributed by atoms with E-state index in [9.17, 15) is 9.59 Å². The molecule has 0 aliphatic carbocycles. The highest BCUT2D eigenvalue weighted by Gasteiger charge is 2.29. The van der Waals surface area contributed by atoms with E-state index in [4.69, 9.17) is 9.47 Å². The second-order valence-electron chi connectivity index (χ2n) is 7.28. The monoisotopic (exact) mass is 390 g/mol. The van der Waals surface area contributed by atoms with Crippen LogP contribution in [0.2, 0.25) is 0 Å². The van der Waals surface area contributed by atoms with Gasteiger partial charge in [-0.1, -0.05) is 0 Å². The molecule has 0 saturated carbocycles. The Kier molecular flexibility index (Phi) is 7.08. The number of nitrogens with zero attached hydrogens (tertiary/aromatic N) is 3. The Morgan fingerprint density at radius 3 is 2.89 bits per heavy atom. The van der Waals surface area contributed by atoms with Crippen molar-refractivity contribution in [3.63, 3.8) is 0 Å². The Morgan fingerprint density at radius 1 is 1.36 bits per heavy atom. The van der Waals surface area contributed by atoms with E-state index in [-0.39, 0.29) is 24.0 Å². The lowest BCUT2D eigenvalue weighted by Crippen LogP contribution is -2.48. The lowest BCUT2D eigenvalue weighted by atomic mass is 9.91. The van der Waals surface area contributed by atoms with Gasteiger partial charge in [-0.25, -0.2) is 9.78 Å². The van der Waals surface area contributed by atoms with Crippen LogP contribution in [0.4, 0.5) is 10.6 Å². The molecule has 28 heavy (non-hydrogen) atoms. The van der Waals surface area contributed by atoms with Crippen molar-refractivity contribution in [2.75, 3.05) is 50.9 Å². The molecule has 154 valence electrons. The van der Waals surface area contributed by atoms with Gasteiger partial charge in [0.2, 0.25) is 0 Å². The van der Waals surface area contributed by atoms with Gasteiger partial charge in [-0.15, -0.1) is 0 Å². The van der Waals surface area contributed by atoms with Crippen LogP contribution < -0.4 is 10.2 Å². The first-order chi connectivity index (χ1) is 13.6. The van der Waals surface area contributed by atoms with Crippen molar-refractivity contribution in [2.45, 2.75) is 32.7 Å². The van der Waals surface area contributed by atoms with Crippen molar-refractivity contribution in [1.29, 1.82) is 0 Å². The third kappa shape index (κ3) is 4.92. The molecule has 8 nitrogen and oxygen atoms in total. The summed E-state index contributed by atoms with van der Waals surface area (Å²) in [7, 11) is 0. The van der Waals surface area contributed by atoms with E-state index in [1.54, 1.807) is 17.2 Å². The van der Waals surface area contributed by atoms with Crippen molar-refractivity contribution in [3.05, 3.63) is 23.9 Å². The number of aromatic nitrogens is 1. The highest BCUT2D eigenvalue weighted by atomic mass is 16.6. The molecule has 0 spiro atoms. The van der Waals surface area contributed by atoms with Gasteiger partial charge < -0.3 is 24.6 Å². The number of hydrogen-bond donors (Lipinski definition) is 1. The van der Waals surface area contributed by atoms with Crippen LogP contribution in [0.3, 0.4) is 0 Å². The number of pyridine rings is 1. The van der Waals surface area contributed by atoms with Crippen molar-refractivity contribution in [3.8, 4) is 0 Å². The smallest absolute Gasteiger partial charge is 0.409 e. The van der Waals surface area contributed by atoms with Gasteiger partial charge in [0.25, 0.3) is 5.91 Å². The fraction of sp³-hybridized carbons (Fsp3) is 0.650. The zero-order valence-electron chi connectivity index (χ0n) is 16.7. The lowest BCUT2D eigenvalue weighted by molar-refractivity contribution is 0.0788. The summed E-state index contributed by atoms with van der Waals surface area (Å²) in [5.41, 5.74) is 0.578. The van der Waals surface area contributed by atoms with Gasteiger partial charge in [0, 0.05) is 38.4 Å². The summed E-state index contributed by atoms with van der Waals surface area (Å²) in [6, 6.07) is 3.54. The molecule has 1 aromatic rings. The van der Waals surface area contributed by atoms with Gasteiger partial charge in [-0.3, -0.25) is 4.79 Å². The van der Waals surface area contributed by atoms with E-state index in [0.717, 1.165) is 25.9 Å². The number of carbonyl (C=O) groups excluding carboxylic acids is 2. The standard InChI is InChI=1S/C20H30N4O4/c1-3-28-20(26)24-9-5-6-16(14-24)15(2)22-19(25)17-7-4-8-21-18(17)23-10-12-27-13-11-23/h4,7-8,15-16H,3,5-6,9-14H2,1-2H3,(H,22,25). The molecule has 1 N–H and O–H groups in total. The Hall–Kier alpha value is -2.35. The Morgan fingerprint density at radius 2 is 2.14 bits per heavy atom. The fourth-order valence-electron chi connectivity index (χ4n) is 3.80. The average Bonchev–Trinajstić information content (AvgIpc) is 2.74. The average molecular weight is 390 g/mol. The van der Waals surface area contributed by atoms with Crippen LogP contribution in [0.5, 0.6) is 0 Å². The molecule has 3 heterocycles. The maximum absolute atomic E-state index is 13.0. The van der Waals surface area contributed by atoms with Crippen LogP contribution in [0.25, 0.3) is 0 Å². The van der Waals surface area contributed by atoms with Crippen molar-refractivity contribution in [1.82, 2.24) is 15.2 Å². The number of rotatable bonds is 5. The fourth-order valence-corrected chi connectivity index (χ4v) is 3.80. The number of carbonyl (C=O) groups is 2. The molecule has 2 atom stereocenters. The summed E-state index contributed by atoms with van der Waals surface area (Å²) in [6.07, 6.45) is 3.33. The molecule has 2 fully saturated rings. The Labute approximate surface area is 166 Å². The molecule has 0 bridgehead atoms. The molecule has 2 unspecified atom stereocenters. The van der Waals surface area contributed by atoms with Crippen LogP contribution in [-0.2, 0) is 9.47 Å². The van der Waals surface area contributed by atoms with Crippen LogP contribution in [0.15, 0.2) is 18.3 Å². The maximum atomic E-state index is 13.0. The first-order valence-corrected chi connectivity index (χ1v) is 10.1. The summed E-state index contributed by atoms with van der Waals surface area (Å²) in [4.78, 5) is 33.3. The highest BCUT2D eigenvalue weighted by Crippen LogP contribution is 2.22. The molecule has 2 aliphatic rings. The number of likely N-dealkylation sites (tertiary alicyclic amines) is 1. The van der Waals surface area contributed by atoms with Crippen molar-refractivity contribution in [2.24, 2.45) is 5.92 Å². The first kappa shape index (κ1) is 20.4. The second kappa shape index (κ2) is 9.73. The highest BCUT2D eigenvalue weighted by molar-refractivity contribution is 5.99. The molecule has 2 amide bonds. The van der Waals surface area contributed by atoms with E-state index in [1.807, 2.05) is 19.9 Å². The van der Waals surface area contributed by atoms with E-state index in [2.05, 4.69) is 15.2 Å². The minimum Gasteiger partial charge on any atom is -0.450 e. The van der Waals surface area contributed by atoms with E-state index in [1.165, 1.54) is 0 Å². The number of hydrogen-bond acceptors (Lipinski definition) is 6. The Balaban J connectivity index is 1.63. The van der Waals surface area contributed by atoms with Crippen LogP contribution in [0.1, 0.15) is 37.0 Å². The summed E-state index contributed by atoms with van der Waals surface area (Å²) >= 11 is 0. The van der Waals surface area contributed by atoms with Gasteiger partial charge >= 0.3 is 6.09 Å². The number of anilines is 1. The van der Waals surface area contributed by atoms with Crippen LogP contribution in [-0.4, -0.2) is 73.9 Å². The van der Waals surface area contributed by atoms with Gasteiger partial charge in [-0.05, 0) is 44.7 Å². The van der Waals surface area contributed by atoms with Crippen LogP contribution >= 0.6 is 0 Å². The quantitative estimate of drug-likeness (QED) is 0.827. The summed E-state index contributed by atoms with van der Waals surface area (Å²) in [6.45, 7) is 8.22. The van der Waals surface area contributed by atoms with Gasteiger partial charge in [-0.2, -0.15) is 0 Å². The van der Waals surface area contributed by atoms with E-state index >= 15 is 0 Å². The lowest BCUT2D eigenvalue weighted by Gasteiger charge is -2.35. The van der Waals surface area contributed by atoms with Crippen LogP contribution in [0, 0.1) is 5.92 Å². The SMILES string of the molecule is CCOC(=O)N1CCCC(C(C)NC(=O)c2cccnc2N2CCOCC2)C1. The number of nitrogens with one attached hydrogen (secondary N) is 1. The third-order valence-electron chi connectivity index (χ3n) is 5.39. The number of morpholine rings is 1. The predicted octanol–water partition coefficient (Wildman–Crippen LogP) is 1.90. The molecule has 1 aromatic heterocycles. The molecule has 3 rings (SSSR count). The zero-order chi connectivity index (χ0) is 19.9. The molecule has 2 saturated heterocycles. The first-order valence-electron chi connectivity index (χ1n) is 10.1. The number of piperidine rings is 1. The molecular formula is C20H30N4O4.